The minimum absolute atomic E-state index is 0. The number of benzene rings is 6. The van der Waals surface area contributed by atoms with Crippen LogP contribution in [0.1, 0.15) is 42.2 Å². The van der Waals surface area contributed by atoms with E-state index in [1.807, 2.05) is 141 Å². The fourth-order valence-electron chi connectivity index (χ4n) is 6.00. The predicted molar refractivity (Wildman–Crippen MR) is 222 cm³/mol. The number of anilines is 6. The number of aldehydes is 2. The van der Waals surface area contributed by atoms with E-state index in [2.05, 4.69) is 34.1 Å². The first-order chi connectivity index (χ1) is 26.6. The quantitative estimate of drug-likeness (QED) is 0.0761. The maximum atomic E-state index is 11.6. The first-order valence-electron chi connectivity index (χ1n) is 17.9. The molecule has 55 heavy (non-hydrogen) atoms. The van der Waals surface area contributed by atoms with Crippen LogP contribution in [0.4, 0.5) is 34.1 Å². The molecule has 0 radical (unpaired) electrons. The Labute approximate surface area is 323 Å². The van der Waals surface area contributed by atoms with Crippen LogP contribution >= 0.6 is 0 Å². The van der Waals surface area contributed by atoms with Crippen LogP contribution in [0, 0.1) is 0 Å². The Kier molecular flexibility index (Phi) is 14.5. The summed E-state index contributed by atoms with van der Waals surface area (Å²) in [6.07, 6.45) is 1.04. The third-order valence-electron chi connectivity index (χ3n) is 8.42. The first kappa shape index (κ1) is 39.7. The summed E-state index contributed by atoms with van der Waals surface area (Å²) in [7, 11) is 0. The van der Waals surface area contributed by atoms with Crippen molar-refractivity contribution in [2.75, 3.05) is 29.6 Å². The topological polar surface area (TPSA) is 81.4 Å². The van der Waals surface area contributed by atoms with E-state index in [1.165, 1.54) is 0 Å². The molecule has 0 saturated carbocycles. The molecule has 0 saturated heterocycles. The predicted octanol–water partition coefficient (Wildman–Crippen LogP) is 12.1. The number of ether oxygens (including phenoxy) is 3. The SMILES string of the molecule is C.CCOC(COc1cc(N(c2ccccc2)c2ccccc2)ccc1C=O)OCC.O=Cc1cc2ccc(N(c3ccccc3)c3ccccc3)cc2o1. The van der Waals surface area contributed by atoms with E-state index in [1.54, 1.807) is 12.1 Å². The van der Waals surface area contributed by atoms with Gasteiger partial charge in [0.2, 0.25) is 0 Å². The number of hydrogen-bond donors (Lipinski definition) is 0. The average molecular weight is 735 g/mol. The lowest BCUT2D eigenvalue weighted by Crippen LogP contribution is -2.25. The molecule has 8 nitrogen and oxygen atoms in total. The zero-order chi connectivity index (χ0) is 37.5. The summed E-state index contributed by atoms with van der Waals surface area (Å²) >= 11 is 0. The summed E-state index contributed by atoms with van der Waals surface area (Å²) in [5.41, 5.74) is 7.18. The summed E-state index contributed by atoms with van der Waals surface area (Å²) in [5.74, 6) is 0.830. The Morgan fingerprint density at radius 1 is 0.545 bits per heavy atom. The highest BCUT2D eigenvalue weighted by Crippen LogP contribution is 2.38. The molecule has 0 spiro atoms. The van der Waals surface area contributed by atoms with Crippen molar-refractivity contribution in [2.24, 2.45) is 0 Å². The highest BCUT2D eigenvalue weighted by Gasteiger charge is 2.17. The molecular formula is C47H46N2O6. The lowest BCUT2D eigenvalue weighted by atomic mass is 10.1. The lowest BCUT2D eigenvalue weighted by Gasteiger charge is -2.26. The van der Waals surface area contributed by atoms with Crippen molar-refractivity contribution in [2.45, 2.75) is 27.6 Å². The van der Waals surface area contributed by atoms with E-state index < -0.39 is 6.29 Å². The number of carbonyl (C=O) groups is 2. The van der Waals surface area contributed by atoms with Gasteiger partial charge in [0.1, 0.15) is 17.9 Å². The lowest BCUT2D eigenvalue weighted by molar-refractivity contribution is -0.152. The molecule has 7 rings (SSSR count). The Morgan fingerprint density at radius 2 is 1.00 bits per heavy atom. The van der Waals surface area contributed by atoms with Crippen LogP contribution in [0.3, 0.4) is 0 Å². The molecule has 8 heteroatoms. The molecule has 1 heterocycles. The fourth-order valence-corrected chi connectivity index (χ4v) is 6.00. The zero-order valence-electron chi connectivity index (χ0n) is 30.3. The monoisotopic (exact) mass is 734 g/mol. The second kappa shape index (κ2) is 20.1. The standard InChI is InChI=1S/C25H27NO4.C21H15NO2.CH4/c1-3-28-25(29-4-2)19-30-24-17-23(16-15-20(24)18-27)26(21-11-7-5-8-12-21)22-13-9-6-10-14-22;23-15-20-13-16-11-12-19(14-21(16)24-20)22(17-7-3-1-4-8-17)18-9-5-2-6-10-18;/h5-18,25H,3-4,19H2,1-2H3;1-15H;1H4. The van der Waals surface area contributed by atoms with Gasteiger partial charge in [0, 0.05) is 64.9 Å². The van der Waals surface area contributed by atoms with Crippen molar-refractivity contribution < 1.29 is 28.2 Å². The molecule has 0 amide bonds. The van der Waals surface area contributed by atoms with Gasteiger partial charge >= 0.3 is 0 Å². The number of hydrogen-bond acceptors (Lipinski definition) is 8. The van der Waals surface area contributed by atoms with Crippen LogP contribution in [-0.2, 0) is 9.47 Å². The molecule has 6 aromatic carbocycles. The van der Waals surface area contributed by atoms with Gasteiger partial charge in [-0.05, 0) is 92.7 Å². The maximum absolute atomic E-state index is 11.6. The summed E-state index contributed by atoms with van der Waals surface area (Å²) in [4.78, 5) is 26.8. The number of para-hydroxylation sites is 4. The molecule has 7 aromatic rings. The number of furan rings is 1. The summed E-state index contributed by atoms with van der Waals surface area (Å²) < 4.78 is 22.6. The third kappa shape index (κ3) is 10.1. The highest BCUT2D eigenvalue weighted by molar-refractivity contribution is 5.89. The molecule has 1 aromatic heterocycles. The van der Waals surface area contributed by atoms with Crippen molar-refractivity contribution in [3.05, 3.63) is 175 Å². The summed E-state index contributed by atoms with van der Waals surface area (Å²) in [6.45, 7) is 5.04. The number of nitrogens with zero attached hydrogens (tertiary/aromatic N) is 2. The van der Waals surface area contributed by atoms with E-state index >= 15 is 0 Å². The second-order valence-corrected chi connectivity index (χ2v) is 12.0. The van der Waals surface area contributed by atoms with Gasteiger partial charge in [-0.1, -0.05) is 80.2 Å². The van der Waals surface area contributed by atoms with Gasteiger partial charge in [-0.3, -0.25) is 9.59 Å². The molecule has 0 N–H and O–H groups in total. The molecule has 0 aliphatic heterocycles. The molecule has 280 valence electrons. The normalized spacial score (nSPS) is 10.5. The Hall–Kier alpha value is -6.48. The summed E-state index contributed by atoms with van der Waals surface area (Å²) in [5, 5.41) is 0.918. The van der Waals surface area contributed by atoms with E-state index in [0.29, 0.717) is 35.9 Å². The van der Waals surface area contributed by atoms with Crippen molar-refractivity contribution in [1.82, 2.24) is 0 Å². The van der Waals surface area contributed by atoms with Crippen molar-refractivity contribution in [1.29, 1.82) is 0 Å². The molecule has 0 bridgehead atoms. The number of rotatable bonds is 15. The third-order valence-corrected chi connectivity index (χ3v) is 8.42. The molecule has 0 aliphatic rings. The molecule has 0 atom stereocenters. The van der Waals surface area contributed by atoms with E-state index in [0.717, 1.165) is 52.1 Å². The fraction of sp³-hybridized carbons (Fsp3) is 0.149. The Bertz CT molecular complexity index is 2120. The van der Waals surface area contributed by atoms with Crippen molar-refractivity contribution >= 4 is 57.7 Å². The van der Waals surface area contributed by atoms with Gasteiger partial charge in [-0.15, -0.1) is 0 Å². The van der Waals surface area contributed by atoms with Crippen LogP contribution < -0.4 is 14.5 Å². The van der Waals surface area contributed by atoms with E-state index in [4.69, 9.17) is 18.6 Å². The van der Waals surface area contributed by atoms with Crippen LogP contribution in [0.2, 0.25) is 0 Å². The van der Waals surface area contributed by atoms with Crippen LogP contribution in [0.5, 0.6) is 5.75 Å². The number of carbonyl (C=O) groups excluding carboxylic acids is 2. The van der Waals surface area contributed by atoms with Crippen molar-refractivity contribution in [3.63, 3.8) is 0 Å². The van der Waals surface area contributed by atoms with Crippen LogP contribution in [0.25, 0.3) is 11.0 Å². The molecule has 0 unspecified atom stereocenters. The molecule has 0 aliphatic carbocycles. The van der Waals surface area contributed by atoms with Gasteiger partial charge in [0.05, 0.1) is 5.56 Å². The maximum Gasteiger partial charge on any atom is 0.191 e. The Morgan fingerprint density at radius 3 is 1.44 bits per heavy atom. The van der Waals surface area contributed by atoms with Crippen molar-refractivity contribution in [3.8, 4) is 5.75 Å². The van der Waals surface area contributed by atoms with Gasteiger partial charge in [-0.25, -0.2) is 0 Å². The minimum atomic E-state index is -0.484. The Balaban J connectivity index is 0.000000212. The smallest absolute Gasteiger partial charge is 0.191 e. The van der Waals surface area contributed by atoms with Crippen LogP contribution in [0.15, 0.2) is 168 Å². The van der Waals surface area contributed by atoms with Gasteiger partial charge in [0.15, 0.2) is 24.6 Å². The van der Waals surface area contributed by atoms with Crippen LogP contribution in [-0.4, -0.2) is 38.7 Å². The first-order valence-corrected chi connectivity index (χ1v) is 17.9. The second-order valence-electron chi connectivity index (χ2n) is 12.0. The highest BCUT2D eigenvalue weighted by atomic mass is 16.7. The summed E-state index contributed by atoms with van der Waals surface area (Å²) in [6, 6.07) is 53.7. The van der Waals surface area contributed by atoms with E-state index in [9.17, 15) is 9.59 Å². The molecular weight excluding hydrogens is 689 g/mol. The largest absolute Gasteiger partial charge is 0.487 e. The minimum Gasteiger partial charge on any atom is -0.487 e. The van der Waals surface area contributed by atoms with Gasteiger partial charge < -0.3 is 28.4 Å². The zero-order valence-corrected chi connectivity index (χ0v) is 30.3. The average Bonchev–Trinajstić information content (AvgIpc) is 3.65. The van der Waals surface area contributed by atoms with Gasteiger partial charge in [-0.2, -0.15) is 0 Å². The van der Waals surface area contributed by atoms with Gasteiger partial charge in [0.25, 0.3) is 0 Å². The van der Waals surface area contributed by atoms with E-state index in [-0.39, 0.29) is 14.0 Å². The molecule has 0 fully saturated rings. The number of fused-ring (bicyclic) bond motifs is 1.